The third-order valence-corrected chi connectivity index (χ3v) is 0.905. The molecule has 0 fully saturated rings. The minimum absolute atomic E-state index is 0.00130. The highest BCUT2D eigenvalue weighted by Gasteiger charge is 2.15. The van der Waals surface area contributed by atoms with Crippen LogP contribution in [0.1, 0.15) is 20.8 Å². The van der Waals surface area contributed by atoms with Crippen molar-refractivity contribution in [2.24, 2.45) is 0 Å². The highest BCUT2D eigenvalue weighted by atomic mass is 16.5. The molecule has 1 N–H and O–H groups in total. The van der Waals surface area contributed by atoms with Crippen molar-refractivity contribution in [2.45, 2.75) is 26.4 Å². The van der Waals surface area contributed by atoms with E-state index in [1.165, 1.54) is 0 Å². The van der Waals surface area contributed by atoms with Gasteiger partial charge in [-0.1, -0.05) is 6.58 Å². The van der Waals surface area contributed by atoms with Crippen molar-refractivity contribution in [1.82, 2.24) is 0 Å². The largest absolute Gasteiger partial charge is 0.459 e. The molecule has 3 nitrogen and oxygen atoms in total. The van der Waals surface area contributed by atoms with Crippen LogP contribution in [0.25, 0.3) is 0 Å². The zero-order valence-corrected chi connectivity index (χ0v) is 7.18. The van der Waals surface area contributed by atoms with Crippen LogP contribution in [-0.2, 0) is 9.53 Å². The van der Waals surface area contributed by atoms with E-state index in [2.05, 4.69) is 11.3 Å². The summed E-state index contributed by atoms with van der Waals surface area (Å²) in [6, 6.07) is 0. The predicted octanol–water partition coefficient (Wildman–Crippen LogP) is 0.877. The van der Waals surface area contributed by atoms with Crippen LogP contribution in [0.5, 0.6) is 0 Å². The first-order valence-electron chi connectivity index (χ1n) is 3.38. The molecule has 0 aliphatic carbocycles. The van der Waals surface area contributed by atoms with Crippen molar-refractivity contribution in [3.05, 3.63) is 12.2 Å². The van der Waals surface area contributed by atoms with E-state index in [-0.39, 0.29) is 6.61 Å². The van der Waals surface area contributed by atoms with Crippen molar-refractivity contribution in [3.8, 4) is 0 Å². The van der Waals surface area contributed by atoms with Gasteiger partial charge in [0.15, 0.2) is 0 Å². The van der Waals surface area contributed by atoms with Gasteiger partial charge in [0.2, 0.25) is 0 Å². The first kappa shape index (κ1) is 10.2. The third-order valence-electron chi connectivity index (χ3n) is 0.905. The molecule has 0 aliphatic heterocycles. The molecular weight excluding hydrogens is 144 g/mol. The van der Waals surface area contributed by atoms with Gasteiger partial charge in [0, 0.05) is 5.57 Å². The summed E-state index contributed by atoms with van der Waals surface area (Å²) in [5, 5.41) is 9.14. The molecule has 0 atom stereocenters. The van der Waals surface area contributed by atoms with Crippen LogP contribution in [-0.4, -0.2) is 23.3 Å². The van der Waals surface area contributed by atoms with E-state index in [1.807, 2.05) is 0 Å². The fourth-order valence-electron chi connectivity index (χ4n) is 0.365. The summed E-state index contributed by atoms with van der Waals surface area (Å²) in [5.74, 6) is -0.466. The maximum atomic E-state index is 10.8. The van der Waals surface area contributed by atoms with Crippen LogP contribution in [0.2, 0.25) is 0 Å². The monoisotopic (exact) mass is 158 g/mol. The Morgan fingerprint density at radius 2 is 2.09 bits per heavy atom. The Kier molecular flexibility index (Phi) is 3.26. The van der Waals surface area contributed by atoms with Crippen molar-refractivity contribution < 1.29 is 14.6 Å². The second kappa shape index (κ2) is 3.53. The Hall–Kier alpha value is -0.830. The number of ether oxygens (including phenoxy) is 1. The van der Waals surface area contributed by atoms with Crippen molar-refractivity contribution in [1.29, 1.82) is 0 Å². The lowest BCUT2D eigenvalue weighted by atomic mass is 10.2. The standard InChI is InChI=1S/C8H14O3/c1-6(2)7(9)11-5-8(3,4)10/h10H,1,5H2,2-4H3. The number of esters is 1. The number of hydrogen-bond donors (Lipinski definition) is 1. The Morgan fingerprint density at radius 3 is 2.36 bits per heavy atom. The van der Waals surface area contributed by atoms with E-state index in [0.29, 0.717) is 5.57 Å². The number of rotatable bonds is 3. The second-order valence-electron chi connectivity index (χ2n) is 3.17. The third kappa shape index (κ3) is 5.61. The molecule has 0 rings (SSSR count). The smallest absolute Gasteiger partial charge is 0.333 e. The van der Waals surface area contributed by atoms with Crippen LogP contribution in [0.15, 0.2) is 12.2 Å². The van der Waals surface area contributed by atoms with Gasteiger partial charge in [-0.15, -0.1) is 0 Å². The molecule has 0 aromatic rings. The van der Waals surface area contributed by atoms with E-state index >= 15 is 0 Å². The Balaban J connectivity index is 3.73. The summed E-state index contributed by atoms with van der Waals surface area (Å²) in [6.07, 6.45) is 0. The van der Waals surface area contributed by atoms with E-state index < -0.39 is 11.6 Å². The topological polar surface area (TPSA) is 46.5 Å². The summed E-state index contributed by atoms with van der Waals surface area (Å²) in [4.78, 5) is 10.8. The quantitative estimate of drug-likeness (QED) is 0.490. The highest BCUT2D eigenvalue weighted by Crippen LogP contribution is 2.02. The molecule has 0 saturated carbocycles. The van der Waals surface area contributed by atoms with E-state index in [1.54, 1.807) is 20.8 Å². The van der Waals surface area contributed by atoms with Crippen LogP contribution >= 0.6 is 0 Å². The average molecular weight is 158 g/mol. The van der Waals surface area contributed by atoms with Crippen molar-refractivity contribution >= 4 is 5.97 Å². The van der Waals surface area contributed by atoms with E-state index in [4.69, 9.17) is 5.11 Å². The molecule has 0 saturated heterocycles. The summed E-state index contributed by atoms with van der Waals surface area (Å²) in [6.45, 7) is 8.10. The summed E-state index contributed by atoms with van der Waals surface area (Å²) in [5.41, 5.74) is -0.625. The Bertz CT molecular complexity index is 165. The molecule has 0 amide bonds. The number of aliphatic hydroxyl groups is 1. The zero-order valence-electron chi connectivity index (χ0n) is 7.18. The molecule has 64 valence electrons. The minimum atomic E-state index is -0.967. The van der Waals surface area contributed by atoms with Gasteiger partial charge >= 0.3 is 5.97 Å². The molecule has 11 heavy (non-hydrogen) atoms. The van der Waals surface area contributed by atoms with Gasteiger partial charge in [0.1, 0.15) is 6.61 Å². The summed E-state index contributed by atoms with van der Waals surface area (Å²) in [7, 11) is 0. The normalized spacial score (nSPS) is 10.9. The minimum Gasteiger partial charge on any atom is -0.459 e. The zero-order chi connectivity index (χ0) is 9.07. The molecule has 0 aromatic carbocycles. The molecule has 3 heteroatoms. The van der Waals surface area contributed by atoms with Gasteiger partial charge in [-0.2, -0.15) is 0 Å². The van der Waals surface area contributed by atoms with Crippen LogP contribution in [0.3, 0.4) is 0 Å². The molecule has 0 heterocycles. The number of carbonyl (C=O) groups is 1. The molecule has 0 radical (unpaired) electrons. The first-order valence-corrected chi connectivity index (χ1v) is 3.38. The van der Waals surface area contributed by atoms with Gasteiger partial charge in [-0.3, -0.25) is 0 Å². The molecule has 0 aromatic heterocycles. The average Bonchev–Trinajstić information content (AvgIpc) is 1.80. The maximum absolute atomic E-state index is 10.8. The van der Waals surface area contributed by atoms with Crippen LogP contribution in [0, 0.1) is 0 Å². The molecule has 0 spiro atoms. The van der Waals surface area contributed by atoms with Crippen molar-refractivity contribution in [2.75, 3.05) is 6.61 Å². The molecular formula is C8H14O3. The van der Waals surface area contributed by atoms with E-state index in [9.17, 15) is 4.79 Å². The lowest BCUT2D eigenvalue weighted by Crippen LogP contribution is -2.27. The molecule has 0 aliphatic rings. The molecule has 0 bridgehead atoms. The number of hydrogen-bond acceptors (Lipinski definition) is 3. The lowest BCUT2D eigenvalue weighted by Gasteiger charge is -2.16. The number of carbonyl (C=O) groups excluding carboxylic acids is 1. The maximum Gasteiger partial charge on any atom is 0.333 e. The fraction of sp³-hybridized carbons (Fsp3) is 0.625. The summed E-state index contributed by atoms with van der Waals surface area (Å²) < 4.78 is 4.68. The van der Waals surface area contributed by atoms with Gasteiger partial charge in [0.05, 0.1) is 5.60 Å². The van der Waals surface area contributed by atoms with Crippen LogP contribution in [0.4, 0.5) is 0 Å². The van der Waals surface area contributed by atoms with Gasteiger partial charge in [-0.05, 0) is 20.8 Å². The highest BCUT2D eigenvalue weighted by molar-refractivity contribution is 5.86. The van der Waals surface area contributed by atoms with Gasteiger partial charge < -0.3 is 9.84 Å². The second-order valence-corrected chi connectivity index (χ2v) is 3.17. The predicted molar refractivity (Wildman–Crippen MR) is 42.1 cm³/mol. The summed E-state index contributed by atoms with van der Waals surface area (Å²) >= 11 is 0. The SMILES string of the molecule is C=C(C)C(=O)OCC(C)(C)O. The Labute approximate surface area is 66.7 Å². The fourth-order valence-corrected chi connectivity index (χ4v) is 0.365. The van der Waals surface area contributed by atoms with Crippen molar-refractivity contribution in [3.63, 3.8) is 0 Å². The lowest BCUT2D eigenvalue weighted by molar-refractivity contribution is -0.145. The van der Waals surface area contributed by atoms with Crippen LogP contribution < -0.4 is 0 Å². The van der Waals surface area contributed by atoms with Gasteiger partial charge in [-0.25, -0.2) is 4.79 Å². The molecule has 0 unspecified atom stereocenters. The Morgan fingerprint density at radius 1 is 1.64 bits per heavy atom. The first-order chi connectivity index (χ1) is 4.83. The van der Waals surface area contributed by atoms with E-state index in [0.717, 1.165) is 0 Å². The van der Waals surface area contributed by atoms with Gasteiger partial charge in [0.25, 0.3) is 0 Å².